The molecule has 6 nitrogen and oxygen atoms in total. The summed E-state index contributed by atoms with van der Waals surface area (Å²) in [6, 6.07) is 14.6. The number of hydrogen-bond donors (Lipinski definition) is 2. The number of hydrogen-bond acceptors (Lipinski definition) is 3. The number of nitrogens with one attached hydrogen (secondary N) is 2. The van der Waals surface area contributed by atoms with Crippen molar-refractivity contribution >= 4 is 11.8 Å². The second-order valence-corrected chi connectivity index (χ2v) is 6.45. The average molecular weight is 365 g/mol. The van der Waals surface area contributed by atoms with E-state index in [0.29, 0.717) is 11.3 Å². The Morgan fingerprint density at radius 3 is 2.52 bits per heavy atom. The van der Waals surface area contributed by atoms with Gasteiger partial charge in [-0.3, -0.25) is 9.59 Å². The van der Waals surface area contributed by atoms with Gasteiger partial charge in [0, 0.05) is 17.1 Å². The summed E-state index contributed by atoms with van der Waals surface area (Å²) in [7, 11) is 0. The monoisotopic (exact) mass is 365 g/mol. The van der Waals surface area contributed by atoms with Crippen LogP contribution < -0.4 is 10.6 Å². The van der Waals surface area contributed by atoms with Crippen molar-refractivity contribution in [2.24, 2.45) is 0 Å². The van der Waals surface area contributed by atoms with Crippen LogP contribution in [0.3, 0.4) is 0 Å². The number of furan rings is 1. The molecule has 3 aromatic rings. The van der Waals surface area contributed by atoms with E-state index in [1.807, 2.05) is 54.8 Å². The van der Waals surface area contributed by atoms with Gasteiger partial charge in [-0.05, 0) is 51.1 Å². The van der Waals surface area contributed by atoms with Gasteiger partial charge in [0.05, 0.1) is 18.4 Å². The molecule has 0 spiro atoms. The number of carbonyl (C=O) groups is 2. The Labute approximate surface area is 158 Å². The Kier molecular flexibility index (Phi) is 5.45. The number of carbonyl (C=O) groups excluding carboxylic acids is 2. The van der Waals surface area contributed by atoms with Gasteiger partial charge in [0.15, 0.2) is 0 Å². The number of para-hydroxylation sites is 1. The molecule has 0 aliphatic heterocycles. The molecule has 2 N–H and O–H groups in total. The lowest BCUT2D eigenvalue weighted by atomic mass is 10.2. The first-order valence-electron chi connectivity index (χ1n) is 8.82. The number of rotatable bonds is 6. The minimum atomic E-state index is -0.660. The Balaban J connectivity index is 1.68. The number of amides is 2. The normalized spacial score (nSPS) is 11.8. The molecular weight excluding hydrogens is 342 g/mol. The Morgan fingerprint density at radius 2 is 1.85 bits per heavy atom. The van der Waals surface area contributed by atoms with E-state index in [1.165, 1.54) is 0 Å². The zero-order valence-corrected chi connectivity index (χ0v) is 15.7. The highest BCUT2D eigenvalue weighted by Gasteiger charge is 2.21. The lowest BCUT2D eigenvalue weighted by Gasteiger charge is -2.14. The van der Waals surface area contributed by atoms with Gasteiger partial charge in [-0.25, -0.2) is 0 Å². The topological polar surface area (TPSA) is 76.3 Å². The van der Waals surface area contributed by atoms with Gasteiger partial charge in [-0.2, -0.15) is 0 Å². The molecule has 140 valence electrons. The summed E-state index contributed by atoms with van der Waals surface area (Å²) < 4.78 is 7.21. The van der Waals surface area contributed by atoms with E-state index < -0.39 is 6.04 Å². The molecule has 2 aromatic heterocycles. The zero-order chi connectivity index (χ0) is 19.4. The molecule has 1 atom stereocenters. The Hall–Kier alpha value is -3.28. The lowest BCUT2D eigenvalue weighted by molar-refractivity contribution is -0.122. The van der Waals surface area contributed by atoms with Crippen LogP contribution in [0.5, 0.6) is 0 Å². The quantitative estimate of drug-likeness (QED) is 0.705. The van der Waals surface area contributed by atoms with E-state index in [2.05, 4.69) is 10.6 Å². The second-order valence-electron chi connectivity index (χ2n) is 6.45. The summed E-state index contributed by atoms with van der Waals surface area (Å²) in [5.74, 6) is 0.121. The summed E-state index contributed by atoms with van der Waals surface area (Å²) in [5.41, 5.74) is 3.34. The summed E-state index contributed by atoms with van der Waals surface area (Å²) in [4.78, 5) is 24.9. The van der Waals surface area contributed by atoms with Crippen molar-refractivity contribution in [3.8, 4) is 5.69 Å². The molecule has 0 saturated carbocycles. The van der Waals surface area contributed by atoms with Gasteiger partial charge in [-0.15, -0.1) is 0 Å². The second kappa shape index (κ2) is 7.95. The van der Waals surface area contributed by atoms with Crippen LogP contribution in [0.4, 0.5) is 0 Å². The molecule has 0 radical (unpaired) electrons. The molecular formula is C21H23N3O3. The molecule has 0 fully saturated rings. The van der Waals surface area contributed by atoms with Crippen LogP contribution in [0.1, 0.15) is 34.4 Å². The SMILES string of the molecule is Cc1cc(C(=O)NC(C)C(=O)NCc2ccco2)c(C)n1-c1ccccc1. The molecule has 6 heteroatoms. The van der Waals surface area contributed by atoms with Gasteiger partial charge < -0.3 is 19.6 Å². The third kappa shape index (κ3) is 4.11. The zero-order valence-electron chi connectivity index (χ0n) is 15.7. The van der Waals surface area contributed by atoms with Gasteiger partial charge >= 0.3 is 0 Å². The fourth-order valence-corrected chi connectivity index (χ4v) is 3.05. The van der Waals surface area contributed by atoms with Gasteiger partial charge in [0.2, 0.25) is 5.91 Å². The van der Waals surface area contributed by atoms with Crippen molar-refractivity contribution < 1.29 is 14.0 Å². The maximum atomic E-state index is 12.7. The molecule has 1 aromatic carbocycles. The highest BCUT2D eigenvalue weighted by atomic mass is 16.3. The van der Waals surface area contributed by atoms with E-state index in [1.54, 1.807) is 25.3 Å². The first-order chi connectivity index (χ1) is 13.0. The predicted molar refractivity (Wildman–Crippen MR) is 103 cm³/mol. The smallest absolute Gasteiger partial charge is 0.253 e. The molecule has 2 heterocycles. The average Bonchev–Trinajstić information content (AvgIpc) is 3.28. The molecule has 2 amide bonds. The first kappa shape index (κ1) is 18.5. The fraction of sp³-hybridized carbons (Fsp3) is 0.238. The van der Waals surface area contributed by atoms with Gasteiger partial charge in [0.25, 0.3) is 5.91 Å². The molecule has 1 unspecified atom stereocenters. The summed E-state index contributed by atoms with van der Waals surface area (Å²) in [5, 5.41) is 5.51. The molecule has 27 heavy (non-hydrogen) atoms. The number of aryl methyl sites for hydroxylation is 1. The summed E-state index contributed by atoms with van der Waals surface area (Å²) >= 11 is 0. The van der Waals surface area contributed by atoms with Crippen molar-refractivity contribution in [2.45, 2.75) is 33.4 Å². The number of nitrogens with zero attached hydrogens (tertiary/aromatic N) is 1. The highest BCUT2D eigenvalue weighted by Crippen LogP contribution is 2.20. The third-order valence-corrected chi connectivity index (χ3v) is 4.45. The van der Waals surface area contributed by atoms with Crippen molar-refractivity contribution in [3.63, 3.8) is 0 Å². The number of benzene rings is 1. The van der Waals surface area contributed by atoms with E-state index in [4.69, 9.17) is 4.42 Å². The van der Waals surface area contributed by atoms with Crippen molar-refractivity contribution in [1.29, 1.82) is 0 Å². The van der Waals surface area contributed by atoms with Crippen LogP contribution in [0, 0.1) is 13.8 Å². The predicted octanol–water partition coefficient (Wildman–Crippen LogP) is 3.12. The minimum Gasteiger partial charge on any atom is -0.467 e. The van der Waals surface area contributed by atoms with Crippen LogP contribution >= 0.6 is 0 Å². The molecule has 0 bridgehead atoms. The van der Waals surface area contributed by atoms with Crippen LogP contribution in [0.25, 0.3) is 5.69 Å². The molecule has 0 aliphatic carbocycles. The van der Waals surface area contributed by atoms with Crippen LogP contribution in [0.15, 0.2) is 59.2 Å². The summed E-state index contributed by atoms with van der Waals surface area (Å²) in [6.45, 7) is 5.80. The van der Waals surface area contributed by atoms with E-state index in [-0.39, 0.29) is 18.4 Å². The third-order valence-electron chi connectivity index (χ3n) is 4.45. The van der Waals surface area contributed by atoms with Crippen LogP contribution in [0.2, 0.25) is 0 Å². The standard InChI is InChI=1S/C21H23N3O3/c1-14-12-19(16(3)24(14)17-8-5-4-6-9-17)21(26)23-15(2)20(25)22-13-18-10-7-11-27-18/h4-12,15H,13H2,1-3H3,(H,22,25)(H,23,26). The van der Waals surface area contributed by atoms with Crippen molar-refractivity contribution in [2.75, 3.05) is 0 Å². The van der Waals surface area contributed by atoms with Crippen molar-refractivity contribution in [3.05, 3.63) is 77.5 Å². The van der Waals surface area contributed by atoms with Crippen LogP contribution in [-0.4, -0.2) is 22.4 Å². The first-order valence-corrected chi connectivity index (χ1v) is 8.82. The van der Waals surface area contributed by atoms with Gasteiger partial charge in [0.1, 0.15) is 11.8 Å². The largest absolute Gasteiger partial charge is 0.467 e. The Morgan fingerprint density at radius 1 is 1.11 bits per heavy atom. The lowest BCUT2D eigenvalue weighted by Crippen LogP contribution is -2.44. The maximum absolute atomic E-state index is 12.7. The molecule has 3 rings (SSSR count). The molecule has 0 aliphatic rings. The van der Waals surface area contributed by atoms with Gasteiger partial charge in [-0.1, -0.05) is 18.2 Å². The van der Waals surface area contributed by atoms with Crippen LogP contribution in [-0.2, 0) is 11.3 Å². The molecule has 0 saturated heterocycles. The minimum absolute atomic E-state index is 0.267. The van der Waals surface area contributed by atoms with Crippen molar-refractivity contribution in [1.82, 2.24) is 15.2 Å². The summed E-state index contributed by atoms with van der Waals surface area (Å²) in [6.07, 6.45) is 1.55. The highest BCUT2D eigenvalue weighted by molar-refractivity contribution is 5.98. The van der Waals surface area contributed by atoms with E-state index in [9.17, 15) is 9.59 Å². The number of aromatic nitrogens is 1. The van der Waals surface area contributed by atoms with E-state index in [0.717, 1.165) is 17.1 Å². The fourth-order valence-electron chi connectivity index (χ4n) is 3.05. The Bertz CT molecular complexity index is 927. The maximum Gasteiger partial charge on any atom is 0.253 e. The van der Waals surface area contributed by atoms with E-state index >= 15 is 0 Å².